The molecule has 3 heteroatoms. The number of rotatable bonds is 5. The number of hydrogen-bond acceptors (Lipinski definition) is 3. The maximum absolute atomic E-state index is 11.1. The first-order chi connectivity index (χ1) is 9.12. The van der Waals surface area contributed by atoms with Crippen LogP contribution in [-0.2, 0) is 20.9 Å². The maximum Gasteiger partial charge on any atom is 0.128 e. The molecule has 2 rings (SSSR count). The van der Waals surface area contributed by atoms with Crippen LogP contribution in [0, 0.1) is 5.41 Å². The third-order valence-electron chi connectivity index (χ3n) is 3.70. The minimum atomic E-state index is -0.436. The zero-order valence-electron chi connectivity index (χ0n) is 11.7. The van der Waals surface area contributed by atoms with Crippen molar-refractivity contribution in [1.82, 2.24) is 0 Å². The van der Waals surface area contributed by atoms with E-state index in [1.807, 2.05) is 32.0 Å². The Kier molecular flexibility index (Phi) is 4.72. The molecular weight excluding hydrogens is 240 g/mol. The predicted molar refractivity (Wildman–Crippen MR) is 73.8 cm³/mol. The van der Waals surface area contributed by atoms with Crippen LogP contribution in [0.25, 0.3) is 0 Å². The van der Waals surface area contributed by atoms with Crippen molar-refractivity contribution in [3.8, 4) is 0 Å². The summed E-state index contributed by atoms with van der Waals surface area (Å²) >= 11 is 0. The lowest BCUT2D eigenvalue weighted by Crippen LogP contribution is -2.41. The summed E-state index contributed by atoms with van der Waals surface area (Å²) in [5, 5.41) is 0. The van der Waals surface area contributed by atoms with Crippen LogP contribution in [0.3, 0.4) is 0 Å². The van der Waals surface area contributed by atoms with E-state index in [4.69, 9.17) is 9.47 Å². The number of benzene rings is 1. The molecule has 0 bridgehead atoms. The Bertz CT molecular complexity index is 400. The van der Waals surface area contributed by atoms with E-state index in [0.717, 1.165) is 19.1 Å². The van der Waals surface area contributed by atoms with Crippen LogP contribution in [-0.4, -0.2) is 25.1 Å². The monoisotopic (exact) mass is 262 g/mol. The quantitative estimate of drug-likeness (QED) is 0.765. The number of ether oxygens (including phenoxy) is 2. The highest BCUT2D eigenvalue weighted by Crippen LogP contribution is 2.30. The molecule has 1 aliphatic heterocycles. The van der Waals surface area contributed by atoms with Crippen molar-refractivity contribution in [3.05, 3.63) is 35.9 Å². The zero-order chi connectivity index (χ0) is 13.7. The fraction of sp³-hybridized carbons (Fsp3) is 0.562. The molecule has 1 aliphatic rings. The summed E-state index contributed by atoms with van der Waals surface area (Å²) in [6, 6.07) is 10.2. The van der Waals surface area contributed by atoms with E-state index in [1.54, 1.807) is 0 Å². The van der Waals surface area contributed by atoms with Gasteiger partial charge in [0.2, 0.25) is 0 Å². The molecule has 0 amide bonds. The van der Waals surface area contributed by atoms with Crippen molar-refractivity contribution < 1.29 is 14.3 Å². The molecular formula is C16H22O3. The molecule has 19 heavy (non-hydrogen) atoms. The Hall–Kier alpha value is -1.19. The molecule has 0 saturated carbocycles. The van der Waals surface area contributed by atoms with Gasteiger partial charge in [0.25, 0.3) is 0 Å². The van der Waals surface area contributed by atoms with Gasteiger partial charge in [0, 0.05) is 18.4 Å². The molecule has 1 aromatic rings. The van der Waals surface area contributed by atoms with Crippen molar-refractivity contribution in [2.45, 2.75) is 45.5 Å². The molecule has 104 valence electrons. The van der Waals surface area contributed by atoms with Gasteiger partial charge in [-0.3, -0.25) is 0 Å². The molecule has 2 atom stereocenters. The average molecular weight is 262 g/mol. The van der Waals surface area contributed by atoms with Gasteiger partial charge in [-0.05, 0) is 12.0 Å². The van der Waals surface area contributed by atoms with E-state index in [9.17, 15) is 4.79 Å². The van der Waals surface area contributed by atoms with E-state index in [1.165, 1.54) is 5.56 Å². The topological polar surface area (TPSA) is 35.5 Å². The van der Waals surface area contributed by atoms with Crippen LogP contribution in [0.1, 0.15) is 32.3 Å². The molecule has 1 saturated heterocycles. The largest absolute Gasteiger partial charge is 0.377 e. The van der Waals surface area contributed by atoms with Crippen LogP contribution in [0.4, 0.5) is 0 Å². The van der Waals surface area contributed by atoms with Gasteiger partial charge in [-0.15, -0.1) is 0 Å². The molecule has 0 spiro atoms. The van der Waals surface area contributed by atoms with Gasteiger partial charge < -0.3 is 14.3 Å². The third-order valence-corrected chi connectivity index (χ3v) is 3.70. The minimum Gasteiger partial charge on any atom is -0.377 e. The van der Waals surface area contributed by atoms with Crippen molar-refractivity contribution in [2.75, 3.05) is 6.61 Å². The van der Waals surface area contributed by atoms with Gasteiger partial charge in [-0.25, -0.2) is 0 Å². The van der Waals surface area contributed by atoms with Gasteiger partial charge in [-0.1, -0.05) is 44.2 Å². The lowest BCUT2D eigenvalue weighted by molar-refractivity contribution is -0.137. The van der Waals surface area contributed by atoms with Crippen molar-refractivity contribution in [2.24, 2.45) is 5.41 Å². The molecule has 1 heterocycles. The second kappa shape index (κ2) is 6.31. The van der Waals surface area contributed by atoms with E-state index in [0.29, 0.717) is 13.2 Å². The first kappa shape index (κ1) is 14.2. The van der Waals surface area contributed by atoms with Crippen LogP contribution in [0.15, 0.2) is 30.3 Å². The van der Waals surface area contributed by atoms with Crippen LogP contribution < -0.4 is 0 Å². The third kappa shape index (κ3) is 3.88. The molecule has 0 unspecified atom stereocenters. The predicted octanol–water partition coefficient (Wildman–Crippen LogP) is 2.98. The Morgan fingerprint density at radius 3 is 2.79 bits per heavy atom. The second-order valence-electron chi connectivity index (χ2n) is 5.74. The molecule has 3 nitrogen and oxygen atoms in total. The number of aldehydes is 1. The molecule has 0 radical (unpaired) electrons. The van der Waals surface area contributed by atoms with E-state index in [2.05, 4.69) is 12.1 Å². The molecule has 0 aromatic heterocycles. The number of carbonyl (C=O) groups is 1. The lowest BCUT2D eigenvalue weighted by atomic mass is 9.83. The number of carbonyl (C=O) groups excluding carboxylic acids is 1. The van der Waals surface area contributed by atoms with E-state index >= 15 is 0 Å². The van der Waals surface area contributed by atoms with Crippen molar-refractivity contribution in [3.63, 3.8) is 0 Å². The summed E-state index contributed by atoms with van der Waals surface area (Å²) in [6.07, 6.45) is 2.81. The lowest BCUT2D eigenvalue weighted by Gasteiger charge is -2.36. The van der Waals surface area contributed by atoms with Gasteiger partial charge in [0.15, 0.2) is 0 Å². The van der Waals surface area contributed by atoms with Crippen LogP contribution in [0.2, 0.25) is 0 Å². The van der Waals surface area contributed by atoms with Crippen molar-refractivity contribution in [1.29, 1.82) is 0 Å². The minimum absolute atomic E-state index is 0.0421. The van der Waals surface area contributed by atoms with Gasteiger partial charge in [-0.2, -0.15) is 0 Å². The Labute approximate surface area is 114 Å². The molecule has 0 aliphatic carbocycles. The summed E-state index contributed by atoms with van der Waals surface area (Å²) in [5.74, 6) is 0. The molecule has 1 aromatic carbocycles. The van der Waals surface area contributed by atoms with Crippen molar-refractivity contribution >= 4 is 6.29 Å². The van der Waals surface area contributed by atoms with Crippen LogP contribution in [0.5, 0.6) is 0 Å². The van der Waals surface area contributed by atoms with Crippen LogP contribution >= 0.6 is 0 Å². The summed E-state index contributed by atoms with van der Waals surface area (Å²) in [7, 11) is 0. The summed E-state index contributed by atoms with van der Waals surface area (Å²) in [5.41, 5.74) is 0.745. The highest BCUT2D eigenvalue weighted by Gasteiger charge is 2.35. The fourth-order valence-electron chi connectivity index (χ4n) is 2.30. The smallest absolute Gasteiger partial charge is 0.128 e. The highest BCUT2D eigenvalue weighted by molar-refractivity contribution is 5.59. The first-order valence-corrected chi connectivity index (χ1v) is 6.85. The zero-order valence-corrected chi connectivity index (χ0v) is 11.7. The summed E-state index contributed by atoms with van der Waals surface area (Å²) < 4.78 is 11.6. The maximum atomic E-state index is 11.1. The Morgan fingerprint density at radius 1 is 1.37 bits per heavy atom. The van der Waals surface area contributed by atoms with Gasteiger partial charge >= 0.3 is 0 Å². The van der Waals surface area contributed by atoms with Gasteiger partial charge in [0.1, 0.15) is 6.29 Å². The summed E-state index contributed by atoms with van der Waals surface area (Å²) in [6.45, 7) is 5.13. The van der Waals surface area contributed by atoms with E-state index < -0.39 is 5.41 Å². The van der Waals surface area contributed by atoms with E-state index in [-0.39, 0.29) is 12.2 Å². The fourth-order valence-corrected chi connectivity index (χ4v) is 2.30. The average Bonchev–Trinajstić information content (AvgIpc) is 2.46. The normalized spacial score (nSPS) is 24.1. The Morgan fingerprint density at radius 2 is 2.11 bits per heavy atom. The number of hydrogen-bond donors (Lipinski definition) is 0. The highest BCUT2D eigenvalue weighted by atomic mass is 16.5. The SMILES string of the molecule is CC(C)(C=O)[C@@H]1C[C@H](OCc2ccccc2)CCO1. The Balaban J connectivity index is 1.86. The first-order valence-electron chi connectivity index (χ1n) is 6.85. The molecule has 1 fully saturated rings. The molecule has 0 N–H and O–H groups in total. The summed E-state index contributed by atoms with van der Waals surface area (Å²) in [4.78, 5) is 11.1. The van der Waals surface area contributed by atoms with Gasteiger partial charge in [0.05, 0.1) is 18.8 Å². The standard InChI is InChI=1S/C16H22O3/c1-16(2,12-17)15-10-14(8-9-18-15)19-11-13-6-4-3-5-7-13/h3-7,12,14-15H,8-11H2,1-2H3/t14-,15+/m1/s1. The second-order valence-corrected chi connectivity index (χ2v) is 5.74.